The van der Waals surface area contributed by atoms with E-state index in [9.17, 15) is 9.18 Å². The number of hydrogen-bond donors (Lipinski definition) is 0. The number of piperidine rings is 1. The molecule has 1 saturated heterocycles. The van der Waals surface area contributed by atoms with Gasteiger partial charge in [0.05, 0.1) is 0 Å². The van der Waals surface area contributed by atoms with Gasteiger partial charge < -0.3 is 9.64 Å². The van der Waals surface area contributed by atoms with E-state index in [0.29, 0.717) is 11.3 Å². The molecule has 0 unspecified atom stereocenters. The second-order valence-electron chi connectivity index (χ2n) is 5.42. The van der Waals surface area contributed by atoms with E-state index in [0.717, 1.165) is 37.9 Å². The highest BCUT2D eigenvalue weighted by Crippen LogP contribution is 2.31. The summed E-state index contributed by atoms with van der Waals surface area (Å²) in [7, 11) is 0. The van der Waals surface area contributed by atoms with E-state index in [4.69, 9.17) is 4.74 Å². The van der Waals surface area contributed by atoms with Crippen LogP contribution in [0.3, 0.4) is 0 Å². The van der Waals surface area contributed by atoms with Crippen LogP contribution in [-0.4, -0.2) is 24.1 Å². The Morgan fingerprint density at radius 2 is 1.73 bits per heavy atom. The zero-order valence-electron chi connectivity index (χ0n) is 12.3. The van der Waals surface area contributed by atoms with Crippen LogP contribution in [0.4, 0.5) is 9.18 Å². The SMILES string of the molecule is O=C(Oc1ccc(F)cc1-c1ccccc1)N1CCCCC1. The van der Waals surface area contributed by atoms with Crippen LogP contribution in [0, 0.1) is 5.82 Å². The summed E-state index contributed by atoms with van der Waals surface area (Å²) in [6.45, 7) is 1.45. The minimum absolute atomic E-state index is 0.350. The molecule has 0 bridgehead atoms. The van der Waals surface area contributed by atoms with Crippen molar-refractivity contribution in [2.75, 3.05) is 13.1 Å². The Morgan fingerprint density at radius 3 is 2.45 bits per heavy atom. The minimum atomic E-state index is -0.358. The predicted octanol–water partition coefficient (Wildman–Crippen LogP) is 4.48. The van der Waals surface area contributed by atoms with E-state index in [1.807, 2.05) is 30.3 Å². The highest BCUT2D eigenvalue weighted by Gasteiger charge is 2.20. The lowest BCUT2D eigenvalue weighted by atomic mass is 10.0. The average Bonchev–Trinajstić information content (AvgIpc) is 2.58. The molecule has 3 rings (SSSR count). The van der Waals surface area contributed by atoms with E-state index in [1.54, 1.807) is 4.90 Å². The maximum atomic E-state index is 13.6. The molecule has 0 atom stereocenters. The van der Waals surface area contributed by atoms with E-state index in [-0.39, 0.29) is 11.9 Å². The van der Waals surface area contributed by atoms with Crippen LogP contribution >= 0.6 is 0 Å². The number of carbonyl (C=O) groups is 1. The number of carbonyl (C=O) groups excluding carboxylic acids is 1. The molecule has 1 heterocycles. The Balaban J connectivity index is 1.85. The molecule has 0 spiro atoms. The predicted molar refractivity (Wildman–Crippen MR) is 83.3 cm³/mol. The molecule has 0 aromatic heterocycles. The van der Waals surface area contributed by atoms with Crippen LogP contribution in [-0.2, 0) is 0 Å². The van der Waals surface area contributed by atoms with Gasteiger partial charge in [0.1, 0.15) is 11.6 Å². The highest BCUT2D eigenvalue weighted by atomic mass is 19.1. The lowest BCUT2D eigenvalue weighted by Crippen LogP contribution is -2.37. The molecule has 0 saturated carbocycles. The third-order valence-corrected chi connectivity index (χ3v) is 3.84. The standard InChI is InChI=1S/C18H18FNO2/c19-15-9-10-17(16(13-15)14-7-3-1-4-8-14)22-18(21)20-11-5-2-6-12-20/h1,3-4,7-10,13H,2,5-6,11-12H2. The molecule has 1 aliphatic heterocycles. The molecule has 0 radical (unpaired) electrons. The summed E-state index contributed by atoms with van der Waals surface area (Å²) in [5.41, 5.74) is 1.41. The Kier molecular flexibility index (Phi) is 4.37. The molecule has 2 aromatic rings. The quantitative estimate of drug-likeness (QED) is 0.818. The topological polar surface area (TPSA) is 29.5 Å². The van der Waals surface area contributed by atoms with Gasteiger partial charge in [0, 0.05) is 18.7 Å². The second kappa shape index (κ2) is 6.60. The second-order valence-corrected chi connectivity index (χ2v) is 5.42. The molecular weight excluding hydrogens is 281 g/mol. The number of rotatable bonds is 2. The average molecular weight is 299 g/mol. The lowest BCUT2D eigenvalue weighted by molar-refractivity contribution is 0.142. The fraction of sp³-hybridized carbons (Fsp3) is 0.278. The summed E-state index contributed by atoms with van der Waals surface area (Å²) >= 11 is 0. The molecular formula is C18H18FNO2. The molecule has 0 N–H and O–H groups in total. The van der Waals surface area contributed by atoms with Gasteiger partial charge in [-0.05, 0) is 43.0 Å². The molecule has 1 aliphatic rings. The van der Waals surface area contributed by atoms with Crippen LogP contribution < -0.4 is 4.74 Å². The van der Waals surface area contributed by atoms with Crippen molar-refractivity contribution < 1.29 is 13.9 Å². The Morgan fingerprint density at radius 1 is 1.00 bits per heavy atom. The number of likely N-dealkylation sites (tertiary alicyclic amines) is 1. The first kappa shape index (κ1) is 14.6. The summed E-state index contributed by atoms with van der Waals surface area (Å²) in [5, 5.41) is 0. The number of nitrogens with zero attached hydrogens (tertiary/aromatic N) is 1. The largest absolute Gasteiger partial charge is 0.415 e. The van der Waals surface area contributed by atoms with Gasteiger partial charge in [-0.15, -0.1) is 0 Å². The summed E-state index contributed by atoms with van der Waals surface area (Å²) in [4.78, 5) is 14.0. The van der Waals surface area contributed by atoms with Gasteiger partial charge in [-0.1, -0.05) is 30.3 Å². The van der Waals surface area contributed by atoms with Gasteiger partial charge in [-0.3, -0.25) is 0 Å². The number of amides is 1. The molecule has 22 heavy (non-hydrogen) atoms. The molecule has 4 heteroatoms. The van der Waals surface area contributed by atoms with E-state index >= 15 is 0 Å². The maximum absolute atomic E-state index is 13.6. The van der Waals surface area contributed by atoms with E-state index in [1.165, 1.54) is 18.2 Å². The molecule has 1 fully saturated rings. The first-order chi connectivity index (χ1) is 10.7. The van der Waals surface area contributed by atoms with Gasteiger partial charge in [-0.25, -0.2) is 9.18 Å². The fourth-order valence-corrected chi connectivity index (χ4v) is 2.67. The van der Waals surface area contributed by atoms with Gasteiger partial charge >= 0.3 is 6.09 Å². The van der Waals surface area contributed by atoms with Crippen molar-refractivity contribution in [3.8, 4) is 16.9 Å². The molecule has 3 nitrogen and oxygen atoms in total. The van der Waals surface area contributed by atoms with Gasteiger partial charge in [-0.2, -0.15) is 0 Å². The third kappa shape index (κ3) is 3.27. The van der Waals surface area contributed by atoms with Crippen LogP contribution in [0.1, 0.15) is 19.3 Å². The lowest BCUT2D eigenvalue weighted by Gasteiger charge is -2.26. The first-order valence-electron chi connectivity index (χ1n) is 7.56. The maximum Gasteiger partial charge on any atom is 0.415 e. The normalized spacial score (nSPS) is 14.7. The smallest absolute Gasteiger partial charge is 0.410 e. The van der Waals surface area contributed by atoms with Crippen molar-refractivity contribution in [2.24, 2.45) is 0 Å². The number of ether oxygens (including phenoxy) is 1. The molecule has 114 valence electrons. The monoisotopic (exact) mass is 299 g/mol. The van der Waals surface area contributed by atoms with Crippen LogP contribution in [0.5, 0.6) is 5.75 Å². The zero-order chi connectivity index (χ0) is 15.4. The summed E-state index contributed by atoms with van der Waals surface area (Å²) < 4.78 is 19.1. The van der Waals surface area contributed by atoms with E-state index < -0.39 is 0 Å². The van der Waals surface area contributed by atoms with Gasteiger partial charge in [0.25, 0.3) is 0 Å². The zero-order valence-corrected chi connectivity index (χ0v) is 12.3. The fourth-order valence-electron chi connectivity index (χ4n) is 2.67. The number of halogens is 1. The number of benzene rings is 2. The Labute approximate surface area is 129 Å². The van der Waals surface area contributed by atoms with Crippen molar-refractivity contribution in [3.63, 3.8) is 0 Å². The summed E-state index contributed by atoms with van der Waals surface area (Å²) in [6, 6.07) is 13.6. The number of hydrogen-bond acceptors (Lipinski definition) is 2. The minimum Gasteiger partial charge on any atom is -0.410 e. The van der Waals surface area contributed by atoms with Crippen molar-refractivity contribution in [1.29, 1.82) is 0 Å². The van der Waals surface area contributed by atoms with E-state index in [2.05, 4.69) is 0 Å². The van der Waals surface area contributed by atoms with Crippen molar-refractivity contribution >= 4 is 6.09 Å². The van der Waals surface area contributed by atoms with Gasteiger partial charge in [0.15, 0.2) is 0 Å². The van der Waals surface area contributed by atoms with Crippen LogP contribution in [0.2, 0.25) is 0 Å². The molecule has 0 aliphatic carbocycles. The van der Waals surface area contributed by atoms with Crippen molar-refractivity contribution in [1.82, 2.24) is 4.90 Å². The van der Waals surface area contributed by atoms with Crippen LogP contribution in [0.25, 0.3) is 11.1 Å². The summed E-state index contributed by atoms with van der Waals surface area (Å²) in [5.74, 6) is 0.0415. The molecule has 1 amide bonds. The highest BCUT2D eigenvalue weighted by molar-refractivity contribution is 5.77. The third-order valence-electron chi connectivity index (χ3n) is 3.84. The van der Waals surface area contributed by atoms with Crippen molar-refractivity contribution in [2.45, 2.75) is 19.3 Å². The van der Waals surface area contributed by atoms with Crippen molar-refractivity contribution in [3.05, 3.63) is 54.3 Å². The molecule has 2 aromatic carbocycles. The van der Waals surface area contributed by atoms with Crippen LogP contribution in [0.15, 0.2) is 48.5 Å². The Hall–Kier alpha value is -2.36. The van der Waals surface area contributed by atoms with Gasteiger partial charge in [0.2, 0.25) is 0 Å². The Bertz CT molecular complexity index is 651. The first-order valence-corrected chi connectivity index (χ1v) is 7.56. The summed E-state index contributed by atoms with van der Waals surface area (Å²) in [6.07, 6.45) is 2.80.